The molecule has 0 amide bonds. The zero-order valence-electron chi connectivity index (χ0n) is 17.4. The normalized spacial score (nSPS) is 16.0. The van der Waals surface area contributed by atoms with Crippen LogP contribution in [-0.4, -0.2) is 56.8 Å². The monoisotopic (exact) mass is 470 g/mol. The van der Waals surface area contributed by atoms with Gasteiger partial charge in [-0.15, -0.1) is 0 Å². The third-order valence-electron chi connectivity index (χ3n) is 3.78. The summed E-state index contributed by atoms with van der Waals surface area (Å²) in [6.07, 6.45) is 0. The molecule has 21 heavy (non-hydrogen) atoms. The first-order valence-electron chi connectivity index (χ1n) is 8.34. The van der Waals surface area contributed by atoms with E-state index >= 15 is 0 Å². The predicted molar refractivity (Wildman–Crippen MR) is 115 cm³/mol. The minimum atomic E-state index is -2.50. The van der Waals surface area contributed by atoms with E-state index in [2.05, 4.69) is 93.3 Å². The van der Waals surface area contributed by atoms with E-state index in [1.165, 1.54) is 0 Å². The van der Waals surface area contributed by atoms with E-state index in [1.807, 2.05) is 0 Å². The summed E-state index contributed by atoms with van der Waals surface area (Å²) in [5, 5.41) is 0. The van der Waals surface area contributed by atoms with Crippen molar-refractivity contribution < 1.29 is 0 Å². The third kappa shape index (κ3) is 5.86. The van der Waals surface area contributed by atoms with Crippen LogP contribution in [0.3, 0.4) is 0 Å². The van der Waals surface area contributed by atoms with Crippen LogP contribution in [0.2, 0.25) is 88.4 Å². The van der Waals surface area contributed by atoms with Crippen LogP contribution in [0.25, 0.3) is 0 Å². The van der Waals surface area contributed by atoms with Gasteiger partial charge in [-0.1, -0.05) is 0 Å². The minimum absolute atomic E-state index is 1.29. The molecular weight excluding hydrogens is 427 g/mol. The molecule has 2 nitrogen and oxygen atoms in total. The van der Waals surface area contributed by atoms with Crippen molar-refractivity contribution in [3.05, 3.63) is 0 Å². The number of hydrogen-bond donors (Lipinski definition) is 0. The predicted octanol–water partition coefficient (Wildman–Crippen LogP) is 5.63. The van der Waals surface area contributed by atoms with Crippen LogP contribution in [0, 0.1) is 0 Å². The molecule has 0 aromatic carbocycles. The quantitative estimate of drug-likeness (QED) is 0.465. The topological polar surface area (TPSA) is 6.48 Å². The first-order chi connectivity index (χ1) is 8.73. The fourth-order valence-electron chi connectivity index (χ4n) is 5.40. The molecule has 7 heteroatoms. The average Bonchev–Trinajstić information content (AvgIpc) is 1.84. The Balaban J connectivity index is 6.21. The second-order valence-corrected chi connectivity index (χ2v) is 47.1. The maximum absolute atomic E-state index is 3.21. The van der Waals surface area contributed by atoms with Gasteiger partial charge in [0.15, 0.2) is 0 Å². The molecule has 0 heterocycles. The van der Waals surface area contributed by atoms with Gasteiger partial charge in [0.1, 0.15) is 0 Å². The van der Waals surface area contributed by atoms with Gasteiger partial charge in [0.25, 0.3) is 0 Å². The van der Waals surface area contributed by atoms with E-state index in [4.69, 9.17) is 0 Å². The Labute approximate surface area is 144 Å². The first-order valence-corrected chi connectivity index (χ1v) is 30.4. The maximum atomic E-state index is 3.21. The molecule has 0 bridgehead atoms. The second kappa shape index (κ2) is 6.48. The van der Waals surface area contributed by atoms with E-state index in [-0.39, 0.29) is 0 Å². The Morgan fingerprint density at radius 2 is 0.571 bits per heavy atom. The first kappa shape index (κ1) is 22.6. The average molecular weight is 470 g/mol. The molecule has 0 unspecified atom stereocenters. The van der Waals surface area contributed by atoms with Crippen molar-refractivity contribution in [3.8, 4) is 0 Å². The Bertz CT molecular complexity index is 297. The van der Waals surface area contributed by atoms with Gasteiger partial charge in [0.2, 0.25) is 0 Å². The van der Waals surface area contributed by atoms with Crippen molar-refractivity contribution in [2.45, 2.75) is 88.4 Å². The molecule has 0 aliphatic heterocycles. The van der Waals surface area contributed by atoms with Crippen LogP contribution in [0.15, 0.2) is 0 Å². The molecule has 0 radical (unpaired) electrons. The van der Waals surface area contributed by atoms with Crippen molar-refractivity contribution in [2.75, 3.05) is 0 Å². The van der Waals surface area contributed by atoms with Gasteiger partial charge in [-0.25, -0.2) is 0 Å². The summed E-state index contributed by atoms with van der Waals surface area (Å²) >= 11 is -2.50. The molecule has 0 rings (SSSR count). The van der Waals surface area contributed by atoms with Gasteiger partial charge in [-0.2, -0.15) is 0 Å². The number of rotatable bonds is 6. The standard InChI is InChI=1S/2C6H18NSi2.2CH3.Sn/c2*1-8(2,3)7-9(4,5)6;;;/h2*1-6H3;2*1H3;/q2*-1;;;+2. The van der Waals surface area contributed by atoms with Gasteiger partial charge in [0.05, 0.1) is 0 Å². The van der Waals surface area contributed by atoms with E-state index in [0.29, 0.717) is 0 Å². The molecule has 0 saturated carbocycles. The van der Waals surface area contributed by atoms with E-state index in [1.54, 1.807) is 0 Å². The molecule has 0 spiro atoms. The van der Waals surface area contributed by atoms with Crippen molar-refractivity contribution in [1.29, 1.82) is 0 Å². The second-order valence-electron chi connectivity index (χ2n) is 10.8. The Morgan fingerprint density at radius 1 is 0.429 bits per heavy atom. The Kier molecular flexibility index (Phi) is 6.96. The van der Waals surface area contributed by atoms with Crippen LogP contribution in [0.4, 0.5) is 0 Å². The van der Waals surface area contributed by atoms with Crippen LogP contribution >= 0.6 is 0 Å². The molecule has 128 valence electrons. The van der Waals surface area contributed by atoms with Gasteiger partial charge in [-0.3, -0.25) is 0 Å². The Morgan fingerprint density at radius 3 is 0.667 bits per heavy atom. The third-order valence-corrected chi connectivity index (χ3v) is 61.1. The van der Waals surface area contributed by atoms with Crippen LogP contribution < -0.4 is 0 Å². The number of hydrogen-bond acceptors (Lipinski definition) is 2. The summed E-state index contributed by atoms with van der Waals surface area (Å²) in [5.74, 6) is 0. The molecule has 0 aliphatic carbocycles. The summed E-state index contributed by atoms with van der Waals surface area (Å²) in [6, 6.07) is 0. The fourth-order valence-corrected chi connectivity index (χ4v) is 90.2. The van der Waals surface area contributed by atoms with Crippen molar-refractivity contribution >= 4 is 51.9 Å². The molecule has 0 aliphatic rings. The number of nitrogens with zero attached hydrogens (tertiary/aromatic N) is 2. The van der Waals surface area contributed by atoms with E-state index in [9.17, 15) is 0 Å². The SMILES string of the molecule is C[Si](C)(C)[N]([Si](C)(C)C)[Sn]([CH3])([CH3])[N]([Si](C)(C)C)[Si](C)(C)C. The zero-order valence-corrected chi connectivity index (χ0v) is 24.2. The van der Waals surface area contributed by atoms with Gasteiger partial charge >= 0.3 is 145 Å². The van der Waals surface area contributed by atoms with E-state index in [0.717, 1.165) is 0 Å². The van der Waals surface area contributed by atoms with Crippen molar-refractivity contribution in [3.63, 3.8) is 0 Å². The summed E-state index contributed by atoms with van der Waals surface area (Å²) < 4.78 is 6.43. The molecule has 0 atom stereocenters. The zero-order chi connectivity index (χ0) is 17.7. The van der Waals surface area contributed by atoms with Crippen LogP contribution in [-0.2, 0) is 0 Å². The molecule has 0 saturated heterocycles. The fraction of sp³-hybridized carbons (Fsp3) is 1.00. The van der Waals surface area contributed by atoms with Gasteiger partial charge < -0.3 is 0 Å². The molecule has 0 fully saturated rings. The summed E-state index contributed by atoms with van der Waals surface area (Å²) in [4.78, 5) is 5.45. The van der Waals surface area contributed by atoms with Crippen LogP contribution in [0.1, 0.15) is 0 Å². The molecule has 0 N–H and O–H groups in total. The van der Waals surface area contributed by atoms with Gasteiger partial charge in [0, 0.05) is 0 Å². The summed E-state index contributed by atoms with van der Waals surface area (Å²) in [6.45, 7) is 31.0. The van der Waals surface area contributed by atoms with Gasteiger partial charge in [-0.05, 0) is 0 Å². The summed E-state index contributed by atoms with van der Waals surface area (Å²) in [5.41, 5.74) is 0. The Hall–Kier alpha value is 1.59. The molecule has 0 aromatic heterocycles. The van der Waals surface area contributed by atoms with Crippen LogP contribution in [0.5, 0.6) is 0 Å². The molecule has 0 aromatic rings. The van der Waals surface area contributed by atoms with E-state index < -0.39 is 51.9 Å². The summed E-state index contributed by atoms with van der Waals surface area (Å²) in [7, 11) is -5.15. The van der Waals surface area contributed by atoms with Crippen molar-refractivity contribution in [2.24, 2.45) is 0 Å². The van der Waals surface area contributed by atoms with Crippen molar-refractivity contribution in [1.82, 2.24) is 4.91 Å². The molecular formula is C14H42N2Si4Sn.